The van der Waals surface area contributed by atoms with Crippen LogP contribution in [-0.2, 0) is 4.79 Å². The van der Waals surface area contributed by atoms with Crippen molar-refractivity contribution in [3.8, 4) is 5.75 Å². The maximum atomic E-state index is 12.1. The van der Waals surface area contributed by atoms with Crippen molar-refractivity contribution in [2.45, 2.75) is 13.8 Å². The van der Waals surface area contributed by atoms with Gasteiger partial charge >= 0.3 is 6.03 Å². The fourth-order valence-corrected chi connectivity index (χ4v) is 2.75. The average Bonchev–Trinajstić information content (AvgIpc) is 2.69. The molecule has 0 atom stereocenters. The fourth-order valence-electron chi connectivity index (χ4n) is 2.75. The topological polar surface area (TPSA) is 79.5 Å². The van der Waals surface area contributed by atoms with Gasteiger partial charge < -0.3 is 20.7 Å². The molecule has 0 aliphatic heterocycles. The van der Waals surface area contributed by atoms with E-state index in [-0.39, 0.29) is 18.5 Å². The van der Waals surface area contributed by atoms with Gasteiger partial charge in [-0.15, -0.1) is 0 Å². The Kier molecular flexibility index (Phi) is 6.47. The van der Waals surface area contributed by atoms with E-state index in [1.54, 1.807) is 36.4 Å². The summed E-state index contributed by atoms with van der Waals surface area (Å²) < 4.78 is 5.58. The normalized spacial score (nSPS) is 10.1. The summed E-state index contributed by atoms with van der Waals surface area (Å²) in [4.78, 5) is 24.1. The minimum absolute atomic E-state index is 0.0800. The second-order valence-corrected chi connectivity index (χ2v) is 6.63. The van der Waals surface area contributed by atoms with Crippen LogP contribution in [0.15, 0.2) is 72.8 Å². The largest absolute Gasteiger partial charge is 0.483 e. The van der Waals surface area contributed by atoms with Gasteiger partial charge in [0.15, 0.2) is 6.61 Å². The molecule has 6 heteroatoms. The number of hydrogen-bond acceptors (Lipinski definition) is 3. The Bertz CT molecular complexity index is 986. The van der Waals surface area contributed by atoms with Crippen molar-refractivity contribution < 1.29 is 14.3 Å². The Balaban J connectivity index is 1.48. The van der Waals surface area contributed by atoms with Gasteiger partial charge in [-0.3, -0.25) is 4.79 Å². The molecule has 0 heterocycles. The Morgan fingerprint density at radius 2 is 1.34 bits per heavy atom. The number of nitrogens with one attached hydrogen (secondary N) is 3. The van der Waals surface area contributed by atoms with E-state index in [2.05, 4.69) is 16.0 Å². The molecule has 0 fully saturated rings. The molecule has 0 bridgehead atoms. The first-order chi connectivity index (χ1) is 14.0. The van der Waals surface area contributed by atoms with Crippen LogP contribution in [0.3, 0.4) is 0 Å². The molecular formula is C23H23N3O3. The zero-order chi connectivity index (χ0) is 20.6. The van der Waals surface area contributed by atoms with Crippen molar-refractivity contribution in [3.05, 3.63) is 83.9 Å². The summed E-state index contributed by atoms with van der Waals surface area (Å²) in [5.41, 5.74) is 4.07. The van der Waals surface area contributed by atoms with Crippen molar-refractivity contribution in [3.63, 3.8) is 0 Å². The second-order valence-electron chi connectivity index (χ2n) is 6.63. The number of anilines is 3. The van der Waals surface area contributed by atoms with Crippen LogP contribution >= 0.6 is 0 Å². The summed E-state index contributed by atoms with van der Waals surface area (Å²) in [6, 6.07) is 21.5. The quantitative estimate of drug-likeness (QED) is 0.557. The van der Waals surface area contributed by atoms with Crippen LogP contribution in [-0.4, -0.2) is 18.5 Å². The Hall–Kier alpha value is -3.80. The molecule has 0 aliphatic carbocycles. The van der Waals surface area contributed by atoms with E-state index < -0.39 is 0 Å². The lowest BCUT2D eigenvalue weighted by molar-refractivity contribution is -0.118. The summed E-state index contributed by atoms with van der Waals surface area (Å²) in [6.07, 6.45) is 0. The number of ether oxygens (including phenoxy) is 1. The van der Waals surface area contributed by atoms with Gasteiger partial charge in [0.1, 0.15) is 5.75 Å². The lowest BCUT2D eigenvalue weighted by atomic mass is 10.1. The lowest BCUT2D eigenvalue weighted by Gasteiger charge is -2.11. The molecule has 0 saturated carbocycles. The highest BCUT2D eigenvalue weighted by atomic mass is 16.5. The molecule has 0 aliphatic rings. The van der Waals surface area contributed by atoms with Crippen LogP contribution in [0.1, 0.15) is 11.1 Å². The molecule has 0 aromatic heterocycles. The standard InChI is InChI=1S/C23H23N3O3/c1-16-8-13-21(17(2)14-16)29-15-22(27)24-19-9-11-20(12-10-19)26-23(28)25-18-6-4-3-5-7-18/h3-14H,15H2,1-2H3,(H,24,27)(H2,25,26,28). The second kappa shape index (κ2) is 9.41. The molecule has 29 heavy (non-hydrogen) atoms. The number of amides is 3. The number of para-hydroxylation sites is 1. The number of aryl methyl sites for hydroxylation is 2. The molecule has 148 valence electrons. The number of urea groups is 1. The molecule has 3 N–H and O–H groups in total. The van der Waals surface area contributed by atoms with Crippen molar-refractivity contribution >= 4 is 29.0 Å². The average molecular weight is 389 g/mol. The number of carbonyl (C=O) groups is 2. The molecule has 0 radical (unpaired) electrons. The smallest absolute Gasteiger partial charge is 0.323 e. The maximum Gasteiger partial charge on any atom is 0.323 e. The molecule has 3 aromatic carbocycles. The van der Waals surface area contributed by atoms with Crippen molar-refractivity contribution in [2.75, 3.05) is 22.6 Å². The Morgan fingerprint density at radius 1 is 0.759 bits per heavy atom. The van der Waals surface area contributed by atoms with E-state index in [9.17, 15) is 9.59 Å². The van der Waals surface area contributed by atoms with Gasteiger partial charge in [0.05, 0.1) is 0 Å². The first-order valence-corrected chi connectivity index (χ1v) is 9.22. The van der Waals surface area contributed by atoms with Crippen LogP contribution in [0.2, 0.25) is 0 Å². The van der Waals surface area contributed by atoms with E-state index in [1.165, 1.54) is 0 Å². The maximum absolute atomic E-state index is 12.1. The number of carbonyl (C=O) groups excluding carboxylic acids is 2. The third-order valence-corrected chi connectivity index (χ3v) is 4.15. The van der Waals surface area contributed by atoms with E-state index in [0.29, 0.717) is 22.8 Å². The third kappa shape index (κ3) is 6.10. The van der Waals surface area contributed by atoms with Gasteiger partial charge in [0.25, 0.3) is 5.91 Å². The van der Waals surface area contributed by atoms with Gasteiger partial charge in [-0.25, -0.2) is 4.79 Å². The first-order valence-electron chi connectivity index (χ1n) is 9.22. The van der Waals surface area contributed by atoms with E-state index in [0.717, 1.165) is 11.1 Å². The molecule has 0 spiro atoms. The van der Waals surface area contributed by atoms with Crippen LogP contribution in [0, 0.1) is 13.8 Å². The van der Waals surface area contributed by atoms with E-state index >= 15 is 0 Å². The van der Waals surface area contributed by atoms with Gasteiger partial charge in [-0.1, -0.05) is 35.9 Å². The zero-order valence-corrected chi connectivity index (χ0v) is 16.4. The van der Waals surface area contributed by atoms with Crippen LogP contribution in [0.4, 0.5) is 21.9 Å². The number of benzene rings is 3. The first kappa shape index (κ1) is 19.9. The molecule has 0 saturated heterocycles. The predicted octanol–water partition coefficient (Wildman–Crippen LogP) is 4.96. The minimum atomic E-state index is -0.338. The molecule has 6 nitrogen and oxygen atoms in total. The van der Waals surface area contributed by atoms with Gasteiger partial charge in [0, 0.05) is 17.1 Å². The molecule has 0 unspecified atom stereocenters. The monoisotopic (exact) mass is 389 g/mol. The SMILES string of the molecule is Cc1ccc(OCC(=O)Nc2ccc(NC(=O)Nc3ccccc3)cc2)c(C)c1. The van der Waals surface area contributed by atoms with Crippen LogP contribution in [0.25, 0.3) is 0 Å². The lowest BCUT2D eigenvalue weighted by Crippen LogP contribution is -2.21. The highest BCUT2D eigenvalue weighted by Gasteiger charge is 2.07. The number of rotatable bonds is 6. The highest BCUT2D eigenvalue weighted by Crippen LogP contribution is 2.19. The summed E-state index contributed by atoms with van der Waals surface area (Å²) in [5, 5.41) is 8.25. The summed E-state index contributed by atoms with van der Waals surface area (Å²) >= 11 is 0. The summed E-state index contributed by atoms with van der Waals surface area (Å²) in [7, 11) is 0. The minimum Gasteiger partial charge on any atom is -0.483 e. The highest BCUT2D eigenvalue weighted by molar-refractivity contribution is 6.00. The zero-order valence-electron chi connectivity index (χ0n) is 16.4. The van der Waals surface area contributed by atoms with E-state index in [1.807, 2.05) is 50.2 Å². The van der Waals surface area contributed by atoms with Gasteiger partial charge in [0.2, 0.25) is 0 Å². The van der Waals surface area contributed by atoms with Crippen LogP contribution < -0.4 is 20.7 Å². The molecule has 3 rings (SSSR count). The summed E-state index contributed by atoms with van der Waals surface area (Å²) in [5.74, 6) is 0.433. The molecular weight excluding hydrogens is 366 g/mol. The fraction of sp³-hybridized carbons (Fsp3) is 0.130. The van der Waals surface area contributed by atoms with Crippen molar-refractivity contribution in [1.29, 1.82) is 0 Å². The summed E-state index contributed by atoms with van der Waals surface area (Å²) in [6.45, 7) is 3.87. The van der Waals surface area contributed by atoms with Crippen molar-refractivity contribution in [1.82, 2.24) is 0 Å². The third-order valence-electron chi connectivity index (χ3n) is 4.15. The molecule has 3 aromatic rings. The van der Waals surface area contributed by atoms with Crippen LogP contribution in [0.5, 0.6) is 5.75 Å². The molecule has 3 amide bonds. The van der Waals surface area contributed by atoms with E-state index in [4.69, 9.17) is 4.74 Å². The Morgan fingerprint density at radius 3 is 1.97 bits per heavy atom. The van der Waals surface area contributed by atoms with Gasteiger partial charge in [-0.05, 0) is 61.9 Å². The number of hydrogen-bond donors (Lipinski definition) is 3. The van der Waals surface area contributed by atoms with Crippen molar-refractivity contribution in [2.24, 2.45) is 0 Å². The Labute approximate surface area is 169 Å². The predicted molar refractivity (Wildman–Crippen MR) is 116 cm³/mol. The van der Waals surface area contributed by atoms with Gasteiger partial charge in [-0.2, -0.15) is 0 Å².